The Labute approximate surface area is 191 Å². The molecule has 1 fully saturated rings. The van der Waals surface area contributed by atoms with E-state index in [9.17, 15) is 14.0 Å². The Morgan fingerprint density at radius 2 is 2.06 bits per heavy atom. The van der Waals surface area contributed by atoms with E-state index in [2.05, 4.69) is 20.5 Å². The lowest BCUT2D eigenvalue weighted by Gasteiger charge is -2.30. The third kappa shape index (κ3) is 4.48. The molecule has 1 amide bonds. The second kappa shape index (κ2) is 8.94. The van der Waals surface area contributed by atoms with E-state index in [0.717, 1.165) is 41.7 Å². The van der Waals surface area contributed by atoms with Crippen LogP contribution < -0.4 is 0 Å². The maximum absolute atomic E-state index is 13.8. The van der Waals surface area contributed by atoms with E-state index >= 15 is 0 Å². The molecule has 5 rings (SSSR count). The van der Waals surface area contributed by atoms with Crippen LogP contribution in [-0.4, -0.2) is 62.5 Å². The van der Waals surface area contributed by atoms with Crippen LogP contribution in [0.5, 0.6) is 0 Å². The van der Waals surface area contributed by atoms with E-state index < -0.39 is 5.97 Å². The minimum atomic E-state index is -0.781. The quantitative estimate of drug-likeness (QED) is 0.625. The van der Waals surface area contributed by atoms with Crippen molar-refractivity contribution in [1.29, 1.82) is 0 Å². The summed E-state index contributed by atoms with van der Waals surface area (Å²) in [5.41, 5.74) is 3.97. The van der Waals surface area contributed by atoms with Gasteiger partial charge in [0.15, 0.2) is 0 Å². The molecule has 7 nitrogen and oxygen atoms in total. The SMILES string of the molecule is O=C(O)CC1CCN(CC(=O)N2CCc3c(n(Cc4cccc(F)c4)c4ncccc34)C2)C1. The topological polar surface area (TPSA) is 78.7 Å². The minimum Gasteiger partial charge on any atom is -0.481 e. The first-order valence-electron chi connectivity index (χ1n) is 11.4. The van der Waals surface area contributed by atoms with Crippen molar-refractivity contribution in [3.8, 4) is 0 Å². The number of hydrogen-bond acceptors (Lipinski definition) is 4. The van der Waals surface area contributed by atoms with Crippen LogP contribution >= 0.6 is 0 Å². The number of halogens is 1. The molecular formula is C25H27FN4O3. The molecule has 33 heavy (non-hydrogen) atoms. The standard InChI is InChI=1S/C25H27FN4O3/c26-19-4-1-3-17(11-19)14-30-22-15-29(10-7-20(22)21-5-2-8-27-25(21)30)23(31)16-28-9-6-18(13-28)12-24(32)33/h1-5,8,11,18H,6-7,9-10,12-16H2,(H,32,33). The zero-order valence-electron chi connectivity index (χ0n) is 18.4. The molecule has 8 heteroatoms. The first-order chi connectivity index (χ1) is 16.0. The lowest BCUT2D eigenvalue weighted by Crippen LogP contribution is -2.42. The van der Waals surface area contributed by atoms with Gasteiger partial charge in [-0.25, -0.2) is 9.37 Å². The number of rotatable bonds is 6. The van der Waals surface area contributed by atoms with Crippen LogP contribution in [-0.2, 0) is 29.1 Å². The van der Waals surface area contributed by atoms with Gasteiger partial charge in [-0.3, -0.25) is 14.5 Å². The summed E-state index contributed by atoms with van der Waals surface area (Å²) in [4.78, 5) is 32.6. The molecule has 0 aliphatic carbocycles. The second-order valence-electron chi connectivity index (χ2n) is 9.07. The summed E-state index contributed by atoms with van der Waals surface area (Å²) in [6.45, 7) is 3.35. The van der Waals surface area contributed by atoms with Crippen LogP contribution in [0.4, 0.5) is 4.39 Å². The molecule has 0 saturated carbocycles. The maximum atomic E-state index is 13.8. The number of amides is 1. The van der Waals surface area contributed by atoms with Crippen molar-refractivity contribution >= 4 is 22.9 Å². The lowest BCUT2D eigenvalue weighted by atomic mass is 10.0. The van der Waals surface area contributed by atoms with E-state index in [-0.39, 0.29) is 24.1 Å². The normalized spacial score (nSPS) is 18.6. The van der Waals surface area contributed by atoms with Crippen molar-refractivity contribution < 1.29 is 19.1 Å². The fourth-order valence-electron chi connectivity index (χ4n) is 5.22. The number of aromatic nitrogens is 2. The number of nitrogens with zero attached hydrogens (tertiary/aromatic N) is 4. The molecule has 2 aliphatic rings. The molecule has 172 valence electrons. The van der Waals surface area contributed by atoms with E-state index in [1.165, 1.54) is 17.7 Å². The molecule has 0 spiro atoms. The highest BCUT2D eigenvalue weighted by Gasteiger charge is 2.30. The number of aliphatic carboxylic acids is 1. The summed E-state index contributed by atoms with van der Waals surface area (Å²) in [6, 6.07) is 10.6. The number of fused-ring (bicyclic) bond motifs is 3. The average Bonchev–Trinajstić information content (AvgIpc) is 3.35. The number of carbonyl (C=O) groups is 2. The van der Waals surface area contributed by atoms with Crippen LogP contribution in [0.2, 0.25) is 0 Å². The molecule has 2 aromatic heterocycles. The van der Waals surface area contributed by atoms with Gasteiger partial charge in [0.1, 0.15) is 11.5 Å². The van der Waals surface area contributed by atoms with Gasteiger partial charge in [0.05, 0.1) is 13.1 Å². The number of pyridine rings is 1. The Morgan fingerprint density at radius 1 is 1.18 bits per heavy atom. The summed E-state index contributed by atoms with van der Waals surface area (Å²) < 4.78 is 15.9. The zero-order valence-corrected chi connectivity index (χ0v) is 18.4. The highest BCUT2D eigenvalue weighted by Crippen LogP contribution is 2.31. The van der Waals surface area contributed by atoms with Crippen molar-refractivity contribution in [3.05, 3.63) is 65.2 Å². The summed E-state index contributed by atoms with van der Waals surface area (Å²) in [5.74, 6) is -0.874. The fraction of sp³-hybridized carbons (Fsp3) is 0.400. The van der Waals surface area contributed by atoms with Crippen molar-refractivity contribution in [2.75, 3.05) is 26.2 Å². The van der Waals surface area contributed by atoms with Crippen molar-refractivity contribution in [1.82, 2.24) is 19.4 Å². The highest BCUT2D eigenvalue weighted by atomic mass is 19.1. The van der Waals surface area contributed by atoms with Crippen LogP contribution in [0.25, 0.3) is 11.0 Å². The van der Waals surface area contributed by atoms with Gasteiger partial charge < -0.3 is 14.6 Å². The molecule has 1 unspecified atom stereocenters. The van der Waals surface area contributed by atoms with E-state index in [1.807, 2.05) is 17.0 Å². The van der Waals surface area contributed by atoms with Crippen molar-refractivity contribution in [2.24, 2.45) is 5.92 Å². The van der Waals surface area contributed by atoms with Gasteiger partial charge >= 0.3 is 5.97 Å². The second-order valence-corrected chi connectivity index (χ2v) is 9.07. The Hall–Kier alpha value is -3.26. The summed E-state index contributed by atoms with van der Waals surface area (Å²) in [7, 11) is 0. The van der Waals surface area contributed by atoms with Gasteiger partial charge in [-0.1, -0.05) is 12.1 Å². The van der Waals surface area contributed by atoms with Crippen LogP contribution in [0.15, 0.2) is 42.6 Å². The first-order valence-corrected chi connectivity index (χ1v) is 11.4. The van der Waals surface area contributed by atoms with Gasteiger partial charge in [0.2, 0.25) is 5.91 Å². The molecule has 1 saturated heterocycles. The molecule has 0 bridgehead atoms. The highest BCUT2D eigenvalue weighted by molar-refractivity contribution is 5.84. The monoisotopic (exact) mass is 450 g/mol. The third-order valence-corrected chi connectivity index (χ3v) is 6.79. The van der Waals surface area contributed by atoms with Gasteiger partial charge in [-0.2, -0.15) is 0 Å². The van der Waals surface area contributed by atoms with E-state index in [1.54, 1.807) is 12.3 Å². The maximum Gasteiger partial charge on any atom is 0.303 e. The van der Waals surface area contributed by atoms with E-state index in [0.29, 0.717) is 32.7 Å². The van der Waals surface area contributed by atoms with Crippen LogP contribution in [0, 0.1) is 11.7 Å². The number of hydrogen-bond donors (Lipinski definition) is 1. The predicted octanol–water partition coefficient (Wildman–Crippen LogP) is 2.91. The molecule has 0 radical (unpaired) electrons. The largest absolute Gasteiger partial charge is 0.481 e. The van der Waals surface area contributed by atoms with Gasteiger partial charge in [-0.15, -0.1) is 0 Å². The molecule has 1 atom stereocenters. The van der Waals surface area contributed by atoms with Crippen molar-refractivity contribution in [2.45, 2.75) is 32.4 Å². The Balaban J connectivity index is 1.36. The fourth-order valence-corrected chi connectivity index (χ4v) is 5.22. The number of carbonyl (C=O) groups excluding carboxylic acids is 1. The first kappa shape index (κ1) is 21.6. The Kier molecular flexibility index (Phi) is 5.85. The molecule has 3 aromatic rings. The Bertz CT molecular complexity index is 1210. The molecular weight excluding hydrogens is 423 g/mol. The van der Waals surface area contributed by atoms with Gasteiger partial charge in [0.25, 0.3) is 0 Å². The minimum absolute atomic E-state index is 0.0622. The molecule has 1 aromatic carbocycles. The third-order valence-electron chi connectivity index (χ3n) is 6.79. The number of carboxylic acids is 1. The van der Waals surface area contributed by atoms with Gasteiger partial charge in [0, 0.05) is 43.3 Å². The molecule has 4 heterocycles. The number of likely N-dealkylation sites (tertiary alicyclic amines) is 1. The predicted molar refractivity (Wildman–Crippen MR) is 121 cm³/mol. The summed E-state index contributed by atoms with van der Waals surface area (Å²) >= 11 is 0. The van der Waals surface area contributed by atoms with Gasteiger partial charge in [-0.05, 0) is 60.7 Å². The summed E-state index contributed by atoms with van der Waals surface area (Å²) in [6.07, 6.45) is 3.49. The van der Waals surface area contributed by atoms with Crippen LogP contribution in [0.1, 0.15) is 29.7 Å². The van der Waals surface area contributed by atoms with E-state index in [4.69, 9.17) is 5.11 Å². The Morgan fingerprint density at radius 3 is 2.88 bits per heavy atom. The smallest absolute Gasteiger partial charge is 0.303 e. The average molecular weight is 451 g/mol. The zero-order chi connectivity index (χ0) is 22.9. The summed E-state index contributed by atoms with van der Waals surface area (Å²) in [5, 5.41) is 10.1. The number of benzene rings is 1. The number of carboxylic acid groups (broad SMARTS) is 1. The molecule has 2 aliphatic heterocycles. The molecule has 1 N–H and O–H groups in total. The lowest BCUT2D eigenvalue weighted by molar-refractivity contribution is -0.138. The van der Waals surface area contributed by atoms with Crippen molar-refractivity contribution in [3.63, 3.8) is 0 Å². The van der Waals surface area contributed by atoms with Crippen LogP contribution in [0.3, 0.4) is 0 Å².